The second kappa shape index (κ2) is 7.57. The van der Waals surface area contributed by atoms with Gasteiger partial charge < -0.3 is 19.1 Å². The number of rotatable bonds is 3. The summed E-state index contributed by atoms with van der Waals surface area (Å²) in [7, 11) is 0. The van der Waals surface area contributed by atoms with Crippen molar-refractivity contribution in [3.8, 4) is 11.5 Å². The molecule has 0 bridgehead atoms. The van der Waals surface area contributed by atoms with Gasteiger partial charge in [0.25, 0.3) is 0 Å². The molecule has 154 valence electrons. The molecule has 11 heteroatoms. The number of hydrogen-bond donors (Lipinski definition) is 1. The number of likely N-dealkylation sites (tertiary alicyclic amines) is 1. The van der Waals surface area contributed by atoms with Gasteiger partial charge in [-0.2, -0.15) is 13.2 Å². The average molecular weight is 423 g/mol. The van der Waals surface area contributed by atoms with Crippen molar-refractivity contribution in [2.75, 3.05) is 19.7 Å². The third-order valence-electron chi connectivity index (χ3n) is 4.39. The van der Waals surface area contributed by atoms with Crippen molar-refractivity contribution in [3.05, 3.63) is 23.2 Å². The maximum absolute atomic E-state index is 13.7. The summed E-state index contributed by atoms with van der Waals surface area (Å²) in [6.45, 7) is 1.96. The first-order valence-corrected chi connectivity index (χ1v) is 9.01. The molecule has 2 aliphatic rings. The normalized spacial score (nSPS) is 24.0. The highest BCUT2D eigenvalue weighted by Gasteiger charge is 2.66. The van der Waals surface area contributed by atoms with Gasteiger partial charge in [-0.1, -0.05) is 11.6 Å². The molecular formula is C17H18ClF3N2O5. The van der Waals surface area contributed by atoms with Crippen LogP contribution in [0.4, 0.5) is 18.0 Å². The molecule has 28 heavy (non-hydrogen) atoms. The summed E-state index contributed by atoms with van der Waals surface area (Å²) in [5, 5.41) is 1.94. The summed E-state index contributed by atoms with van der Waals surface area (Å²) in [4.78, 5) is 25.5. The van der Waals surface area contributed by atoms with Crippen LogP contribution in [0.3, 0.4) is 0 Å². The molecule has 3 rings (SSSR count). The number of ether oxygens (including phenoxy) is 3. The Kier molecular flexibility index (Phi) is 5.51. The van der Waals surface area contributed by atoms with Gasteiger partial charge in [-0.25, -0.2) is 4.79 Å². The molecule has 0 aliphatic carbocycles. The van der Waals surface area contributed by atoms with E-state index in [1.54, 1.807) is 12.2 Å². The number of piperidine rings is 1. The minimum atomic E-state index is -5.08. The summed E-state index contributed by atoms with van der Waals surface area (Å²) in [5.74, 6) is -4.91. The van der Waals surface area contributed by atoms with Crippen molar-refractivity contribution >= 4 is 23.6 Å². The van der Waals surface area contributed by atoms with Gasteiger partial charge in [0.2, 0.25) is 0 Å². The van der Waals surface area contributed by atoms with Gasteiger partial charge in [-0.15, -0.1) is 0 Å². The van der Waals surface area contributed by atoms with Crippen molar-refractivity contribution in [2.45, 2.75) is 31.9 Å². The van der Waals surface area contributed by atoms with E-state index in [0.717, 1.165) is 11.0 Å². The molecule has 1 fully saturated rings. The van der Waals surface area contributed by atoms with E-state index in [9.17, 15) is 22.8 Å². The van der Waals surface area contributed by atoms with E-state index in [-0.39, 0.29) is 36.2 Å². The Morgan fingerprint density at radius 1 is 1.36 bits per heavy atom. The van der Waals surface area contributed by atoms with Crippen LogP contribution < -0.4 is 14.8 Å². The third-order valence-corrected chi connectivity index (χ3v) is 4.62. The maximum atomic E-state index is 13.7. The highest BCUT2D eigenvalue weighted by molar-refractivity contribution is 6.30. The number of hydrogen-bond acceptors (Lipinski definition) is 5. The molecule has 1 aromatic carbocycles. The monoisotopic (exact) mass is 422 g/mol. The Morgan fingerprint density at radius 3 is 2.75 bits per heavy atom. The molecule has 0 radical (unpaired) electrons. The quantitative estimate of drug-likeness (QED) is 0.756. The fraction of sp³-hybridized carbons (Fsp3) is 0.529. The summed E-state index contributed by atoms with van der Waals surface area (Å²) in [6.07, 6.45) is -4.14. The summed E-state index contributed by atoms with van der Waals surface area (Å²) >= 11 is 5.77. The van der Waals surface area contributed by atoms with Gasteiger partial charge in [0.1, 0.15) is 0 Å². The molecule has 0 unspecified atom stereocenters. The van der Waals surface area contributed by atoms with E-state index >= 15 is 0 Å². The second-order valence-corrected chi connectivity index (χ2v) is 6.81. The SMILES string of the molecule is CCOC(=O)[C@H]1CCCN(C(=O)N[C@]2(C(F)(F)F)Oc3ccc(Cl)cc3O2)C1. The second-order valence-electron chi connectivity index (χ2n) is 6.38. The lowest BCUT2D eigenvalue weighted by molar-refractivity contribution is -0.318. The summed E-state index contributed by atoms with van der Waals surface area (Å²) in [5.41, 5.74) is 0. The first-order valence-electron chi connectivity index (χ1n) is 8.63. The van der Waals surface area contributed by atoms with Gasteiger partial charge in [0.05, 0.1) is 12.5 Å². The van der Waals surface area contributed by atoms with Crippen LogP contribution in [0.15, 0.2) is 18.2 Å². The first-order chi connectivity index (χ1) is 13.1. The number of benzene rings is 1. The minimum absolute atomic E-state index is 0.0582. The van der Waals surface area contributed by atoms with Crippen LogP contribution in [-0.4, -0.2) is 48.7 Å². The lowest BCUT2D eigenvalue weighted by Crippen LogP contribution is -2.67. The standard InChI is InChI=1S/C17H18ClF3N2O5/c1-2-26-14(24)10-4-3-7-23(9-10)15(25)22-17(16(19,20)21)27-12-6-5-11(18)8-13(12)28-17/h5-6,8,10H,2-4,7,9H2,1H3,(H,22,25)/t10-,17+/m0/s1. The van der Waals surface area contributed by atoms with E-state index in [1.165, 1.54) is 12.1 Å². The first kappa shape index (κ1) is 20.4. The zero-order chi connectivity index (χ0) is 20.5. The molecule has 7 nitrogen and oxygen atoms in total. The number of alkyl halides is 3. The molecule has 1 aromatic rings. The molecule has 2 heterocycles. The average Bonchev–Trinajstić information content (AvgIpc) is 3.00. The number of fused-ring (bicyclic) bond motifs is 1. The van der Waals surface area contributed by atoms with E-state index in [2.05, 4.69) is 0 Å². The molecule has 2 atom stereocenters. The fourth-order valence-corrected chi connectivity index (χ4v) is 3.21. The van der Waals surface area contributed by atoms with Crippen LogP contribution >= 0.6 is 11.6 Å². The van der Waals surface area contributed by atoms with E-state index < -0.39 is 30.0 Å². The van der Waals surface area contributed by atoms with Crippen LogP contribution in [0.2, 0.25) is 5.02 Å². The molecule has 2 amide bonds. The van der Waals surface area contributed by atoms with Gasteiger partial charge in [-0.05, 0) is 31.9 Å². The number of nitrogens with one attached hydrogen (secondary N) is 1. The summed E-state index contributed by atoms with van der Waals surface area (Å²) < 4.78 is 56.0. The number of carbonyl (C=O) groups excluding carboxylic acids is 2. The highest BCUT2D eigenvalue weighted by atomic mass is 35.5. The van der Waals surface area contributed by atoms with Gasteiger partial charge in [0.15, 0.2) is 11.5 Å². The number of nitrogens with zero attached hydrogens (tertiary/aromatic N) is 1. The largest absolute Gasteiger partial charge is 0.492 e. The van der Waals surface area contributed by atoms with Crippen molar-refractivity contribution in [2.24, 2.45) is 5.92 Å². The Balaban J connectivity index is 1.76. The number of carbonyl (C=O) groups is 2. The Bertz CT molecular complexity index is 776. The van der Waals surface area contributed by atoms with E-state index in [4.69, 9.17) is 25.8 Å². The van der Waals surface area contributed by atoms with Crippen LogP contribution in [0.25, 0.3) is 0 Å². The van der Waals surface area contributed by atoms with Crippen LogP contribution in [0.1, 0.15) is 19.8 Å². The van der Waals surface area contributed by atoms with Gasteiger partial charge in [0, 0.05) is 24.2 Å². The van der Waals surface area contributed by atoms with E-state index in [0.29, 0.717) is 12.8 Å². The van der Waals surface area contributed by atoms with Gasteiger partial charge in [-0.3, -0.25) is 10.1 Å². The topological polar surface area (TPSA) is 77.1 Å². The van der Waals surface area contributed by atoms with Crippen molar-refractivity contribution in [1.82, 2.24) is 10.2 Å². The van der Waals surface area contributed by atoms with Crippen LogP contribution in [0, 0.1) is 5.92 Å². The van der Waals surface area contributed by atoms with Gasteiger partial charge >= 0.3 is 24.1 Å². The predicted molar refractivity (Wildman–Crippen MR) is 91.0 cm³/mol. The zero-order valence-electron chi connectivity index (χ0n) is 14.8. The molecular weight excluding hydrogens is 405 g/mol. The molecule has 2 aliphatic heterocycles. The molecule has 0 spiro atoms. The number of urea groups is 1. The minimum Gasteiger partial charge on any atom is -0.466 e. The Morgan fingerprint density at radius 2 is 2.07 bits per heavy atom. The van der Waals surface area contributed by atoms with Crippen LogP contribution in [-0.2, 0) is 9.53 Å². The van der Waals surface area contributed by atoms with Crippen molar-refractivity contribution in [3.63, 3.8) is 0 Å². The molecule has 1 N–H and O–H groups in total. The Labute approximate surface area is 163 Å². The molecule has 0 aromatic heterocycles. The highest BCUT2D eigenvalue weighted by Crippen LogP contribution is 2.46. The van der Waals surface area contributed by atoms with Crippen molar-refractivity contribution < 1.29 is 37.0 Å². The molecule has 0 saturated carbocycles. The predicted octanol–water partition coefficient (Wildman–Crippen LogP) is 3.31. The zero-order valence-corrected chi connectivity index (χ0v) is 15.6. The number of esters is 1. The lowest BCUT2D eigenvalue weighted by Gasteiger charge is -2.35. The van der Waals surface area contributed by atoms with Crippen LogP contribution in [0.5, 0.6) is 11.5 Å². The summed E-state index contributed by atoms with van der Waals surface area (Å²) in [6, 6.07) is 2.65. The maximum Gasteiger partial charge on any atom is 0.492 e. The number of amides is 2. The number of halogens is 4. The lowest BCUT2D eigenvalue weighted by atomic mass is 9.98. The van der Waals surface area contributed by atoms with E-state index in [1.807, 2.05) is 0 Å². The smallest absolute Gasteiger partial charge is 0.466 e. The van der Waals surface area contributed by atoms with Crippen molar-refractivity contribution in [1.29, 1.82) is 0 Å². The fourth-order valence-electron chi connectivity index (χ4n) is 3.05. The third kappa shape index (κ3) is 3.91. The molecule has 1 saturated heterocycles. The Hall–Kier alpha value is -2.36.